The van der Waals surface area contributed by atoms with Crippen LogP contribution in [0.5, 0.6) is 0 Å². The Hall–Kier alpha value is -0.303. The normalized spacial score (nSPS) is 13.9. The van der Waals surface area contributed by atoms with Crippen molar-refractivity contribution in [3.8, 4) is 11.5 Å². The fourth-order valence-corrected chi connectivity index (χ4v) is 1.24. The number of hydrogen-bond acceptors (Lipinski definition) is 2. The zero-order chi connectivity index (χ0) is 9.78. The molecule has 0 radical (unpaired) electrons. The molecule has 1 unspecified atom stereocenters. The molecule has 3 heteroatoms. The molecule has 0 aromatic carbocycles. The van der Waals surface area contributed by atoms with E-state index in [1.165, 1.54) is 0 Å². The third-order valence-electron chi connectivity index (χ3n) is 1.41. The van der Waals surface area contributed by atoms with E-state index in [4.69, 9.17) is 5.11 Å². The van der Waals surface area contributed by atoms with Gasteiger partial charge < -0.3 is 5.11 Å². The SMILES string of the molecule is CN(C)C(C#C[Si](C)(C)C)CO. The average molecular weight is 185 g/mol. The number of rotatable bonds is 2. The predicted octanol–water partition coefficient (Wildman–Crippen LogP) is 0.790. The highest BCUT2D eigenvalue weighted by molar-refractivity contribution is 6.83. The van der Waals surface area contributed by atoms with Crippen LogP contribution in [0.1, 0.15) is 0 Å². The molecule has 0 heterocycles. The Labute approximate surface area is 76.6 Å². The van der Waals surface area contributed by atoms with E-state index in [1.807, 2.05) is 19.0 Å². The molecule has 0 aromatic heterocycles. The summed E-state index contributed by atoms with van der Waals surface area (Å²) >= 11 is 0. The van der Waals surface area contributed by atoms with E-state index >= 15 is 0 Å². The van der Waals surface area contributed by atoms with Crippen molar-refractivity contribution in [2.45, 2.75) is 25.7 Å². The molecular formula is C9H19NOSi. The first-order valence-corrected chi connectivity index (χ1v) is 7.67. The van der Waals surface area contributed by atoms with Crippen LogP contribution in [0, 0.1) is 11.5 Å². The van der Waals surface area contributed by atoms with Crippen molar-refractivity contribution < 1.29 is 5.11 Å². The zero-order valence-corrected chi connectivity index (χ0v) is 9.68. The van der Waals surface area contributed by atoms with E-state index in [0.29, 0.717) is 0 Å². The second-order valence-electron chi connectivity index (χ2n) is 4.18. The average Bonchev–Trinajstić information content (AvgIpc) is 1.85. The monoisotopic (exact) mass is 185 g/mol. The highest BCUT2D eigenvalue weighted by atomic mass is 28.3. The molecule has 0 fully saturated rings. The fourth-order valence-electron chi connectivity index (χ4n) is 0.638. The molecule has 0 aliphatic rings. The summed E-state index contributed by atoms with van der Waals surface area (Å²) in [4.78, 5) is 1.94. The molecule has 0 amide bonds. The van der Waals surface area contributed by atoms with Crippen LogP contribution in [0.3, 0.4) is 0 Å². The Morgan fingerprint density at radius 1 is 1.33 bits per heavy atom. The summed E-state index contributed by atoms with van der Waals surface area (Å²) < 4.78 is 0. The number of aliphatic hydroxyl groups is 1. The molecule has 0 aromatic rings. The lowest BCUT2D eigenvalue weighted by Gasteiger charge is -2.16. The first-order chi connectivity index (χ1) is 5.37. The summed E-state index contributed by atoms with van der Waals surface area (Å²) in [5.74, 6) is 3.10. The summed E-state index contributed by atoms with van der Waals surface area (Å²) in [5, 5.41) is 8.96. The molecule has 0 aliphatic carbocycles. The summed E-state index contributed by atoms with van der Waals surface area (Å²) in [6.07, 6.45) is 0. The van der Waals surface area contributed by atoms with Gasteiger partial charge in [0.2, 0.25) is 0 Å². The van der Waals surface area contributed by atoms with Gasteiger partial charge in [0.25, 0.3) is 0 Å². The molecule has 2 nitrogen and oxygen atoms in total. The maximum Gasteiger partial charge on any atom is 0.129 e. The van der Waals surface area contributed by atoms with Crippen molar-refractivity contribution >= 4 is 8.07 Å². The second kappa shape index (κ2) is 4.66. The van der Waals surface area contributed by atoms with Gasteiger partial charge in [0.1, 0.15) is 8.07 Å². The van der Waals surface area contributed by atoms with E-state index in [9.17, 15) is 0 Å². The largest absolute Gasteiger partial charge is 0.394 e. The van der Waals surface area contributed by atoms with Crippen LogP contribution in [0.25, 0.3) is 0 Å². The molecule has 0 rings (SSSR count). The fraction of sp³-hybridized carbons (Fsp3) is 0.778. The van der Waals surface area contributed by atoms with Gasteiger partial charge in [0.15, 0.2) is 0 Å². The number of aliphatic hydroxyl groups excluding tert-OH is 1. The maximum absolute atomic E-state index is 8.96. The number of likely N-dealkylation sites (N-methyl/N-ethyl adjacent to an activating group) is 1. The van der Waals surface area contributed by atoms with Gasteiger partial charge in [0, 0.05) is 0 Å². The van der Waals surface area contributed by atoms with Crippen molar-refractivity contribution in [3.05, 3.63) is 0 Å². The Morgan fingerprint density at radius 2 is 1.83 bits per heavy atom. The summed E-state index contributed by atoms with van der Waals surface area (Å²) in [5.41, 5.74) is 3.24. The van der Waals surface area contributed by atoms with Gasteiger partial charge in [-0.2, -0.15) is 0 Å². The minimum atomic E-state index is -1.28. The number of nitrogens with zero attached hydrogens (tertiary/aromatic N) is 1. The molecule has 1 atom stereocenters. The minimum absolute atomic E-state index is 0.00303. The third kappa shape index (κ3) is 5.36. The second-order valence-corrected chi connectivity index (χ2v) is 8.93. The molecule has 0 saturated heterocycles. The topological polar surface area (TPSA) is 23.5 Å². The smallest absolute Gasteiger partial charge is 0.129 e. The molecule has 0 aliphatic heterocycles. The lowest BCUT2D eigenvalue weighted by atomic mass is 10.3. The van der Waals surface area contributed by atoms with Crippen LogP contribution in [-0.2, 0) is 0 Å². The lowest BCUT2D eigenvalue weighted by Crippen LogP contribution is -2.30. The van der Waals surface area contributed by atoms with Crippen LogP contribution >= 0.6 is 0 Å². The van der Waals surface area contributed by atoms with Crippen LogP contribution in [-0.4, -0.2) is 44.8 Å². The van der Waals surface area contributed by atoms with Gasteiger partial charge >= 0.3 is 0 Å². The van der Waals surface area contributed by atoms with E-state index in [0.717, 1.165) is 0 Å². The molecule has 0 bridgehead atoms. The standard InChI is InChI=1S/C9H19NOSi/c1-10(2)9(8-11)6-7-12(3,4)5/h9,11H,8H2,1-5H3. The summed E-state index contributed by atoms with van der Waals surface area (Å²) in [7, 11) is 2.58. The lowest BCUT2D eigenvalue weighted by molar-refractivity contribution is 0.205. The van der Waals surface area contributed by atoms with E-state index < -0.39 is 8.07 Å². The number of hydrogen-bond donors (Lipinski definition) is 1. The van der Waals surface area contributed by atoms with Crippen molar-refractivity contribution in [2.75, 3.05) is 20.7 Å². The minimum Gasteiger partial charge on any atom is -0.394 e. The Morgan fingerprint density at radius 3 is 2.08 bits per heavy atom. The van der Waals surface area contributed by atoms with Gasteiger partial charge in [-0.15, -0.1) is 5.54 Å². The maximum atomic E-state index is 8.96. The van der Waals surface area contributed by atoms with Gasteiger partial charge in [-0.1, -0.05) is 25.6 Å². The zero-order valence-electron chi connectivity index (χ0n) is 8.68. The van der Waals surface area contributed by atoms with Gasteiger partial charge in [-0.05, 0) is 14.1 Å². The van der Waals surface area contributed by atoms with Crippen molar-refractivity contribution in [3.63, 3.8) is 0 Å². The van der Waals surface area contributed by atoms with Crippen molar-refractivity contribution in [1.29, 1.82) is 0 Å². The molecular weight excluding hydrogens is 166 g/mol. The van der Waals surface area contributed by atoms with E-state index in [1.54, 1.807) is 0 Å². The van der Waals surface area contributed by atoms with Gasteiger partial charge in [-0.25, -0.2) is 0 Å². The predicted molar refractivity (Wildman–Crippen MR) is 55.7 cm³/mol. The molecule has 1 N–H and O–H groups in total. The highest BCUT2D eigenvalue weighted by Crippen LogP contribution is 1.98. The first-order valence-electron chi connectivity index (χ1n) is 4.17. The van der Waals surface area contributed by atoms with E-state index in [2.05, 4.69) is 31.1 Å². The summed E-state index contributed by atoms with van der Waals surface area (Å²) in [6.45, 7) is 6.71. The quantitative estimate of drug-likeness (QED) is 0.508. The van der Waals surface area contributed by atoms with Gasteiger partial charge in [0.05, 0.1) is 12.6 Å². The van der Waals surface area contributed by atoms with Crippen LogP contribution in [0.2, 0.25) is 19.6 Å². The van der Waals surface area contributed by atoms with E-state index in [-0.39, 0.29) is 12.6 Å². The van der Waals surface area contributed by atoms with Crippen molar-refractivity contribution in [1.82, 2.24) is 4.90 Å². The van der Waals surface area contributed by atoms with Crippen LogP contribution in [0.4, 0.5) is 0 Å². The highest BCUT2D eigenvalue weighted by Gasteiger charge is 2.10. The molecule has 0 spiro atoms. The Bertz CT molecular complexity index is 185. The van der Waals surface area contributed by atoms with Crippen LogP contribution < -0.4 is 0 Å². The summed E-state index contributed by atoms with van der Waals surface area (Å²) in [6, 6.07) is -0.00303. The van der Waals surface area contributed by atoms with Gasteiger partial charge in [-0.3, -0.25) is 4.90 Å². The van der Waals surface area contributed by atoms with Crippen LogP contribution in [0.15, 0.2) is 0 Å². The Kier molecular flexibility index (Phi) is 4.54. The Balaban J connectivity index is 4.25. The molecule has 12 heavy (non-hydrogen) atoms. The first kappa shape index (κ1) is 11.7. The molecule has 70 valence electrons. The third-order valence-corrected chi connectivity index (χ3v) is 2.30. The van der Waals surface area contributed by atoms with Crippen molar-refractivity contribution in [2.24, 2.45) is 0 Å². The molecule has 0 saturated carbocycles.